The van der Waals surface area contributed by atoms with E-state index in [1.807, 2.05) is 84.3 Å². The standard InChI is InChI=1S/C28H29ClN4O2S/c1-5-35-22-15-13-21(14-16-22)33-26(19-9-8-10-20(29)17-19)31-32-27(33)36-18-25(34)30-24-12-7-6-11-23(24)28(2,3)4/h6-17H,5,18H2,1-4H3,(H,30,34). The monoisotopic (exact) mass is 520 g/mol. The number of halogens is 1. The molecule has 0 fully saturated rings. The molecule has 0 radical (unpaired) electrons. The highest BCUT2D eigenvalue weighted by atomic mass is 35.5. The maximum atomic E-state index is 12.9. The van der Waals surface area contributed by atoms with Crippen LogP contribution in [0.2, 0.25) is 5.02 Å². The van der Waals surface area contributed by atoms with E-state index >= 15 is 0 Å². The van der Waals surface area contributed by atoms with Crippen molar-refractivity contribution in [1.82, 2.24) is 14.8 Å². The van der Waals surface area contributed by atoms with Gasteiger partial charge in [0, 0.05) is 22.0 Å². The number of thioether (sulfide) groups is 1. The molecule has 8 heteroatoms. The molecule has 4 rings (SSSR count). The smallest absolute Gasteiger partial charge is 0.234 e. The first-order chi connectivity index (χ1) is 17.3. The van der Waals surface area contributed by atoms with Gasteiger partial charge < -0.3 is 10.1 Å². The van der Waals surface area contributed by atoms with Crippen LogP contribution in [-0.2, 0) is 10.2 Å². The molecule has 0 saturated carbocycles. The zero-order valence-corrected chi connectivity index (χ0v) is 22.4. The second-order valence-corrected chi connectivity index (χ2v) is 10.6. The molecule has 0 saturated heterocycles. The molecule has 0 atom stereocenters. The van der Waals surface area contributed by atoms with Gasteiger partial charge in [-0.2, -0.15) is 0 Å². The summed E-state index contributed by atoms with van der Waals surface area (Å²) in [7, 11) is 0. The number of anilines is 1. The Hall–Kier alpha value is -3.29. The van der Waals surface area contributed by atoms with Crippen LogP contribution in [0, 0.1) is 0 Å². The number of hydrogen-bond acceptors (Lipinski definition) is 5. The minimum absolute atomic E-state index is 0.0866. The Bertz CT molecular complexity index is 1350. The summed E-state index contributed by atoms with van der Waals surface area (Å²) in [4.78, 5) is 12.9. The lowest BCUT2D eigenvalue weighted by Crippen LogP contribution is -2.20. The molecule has 1 heterocycles. The summed E-state index contributed by atoms with van der Waals surface area (Å²) in [5.41, 5.74) is 3.52. The highest BCUT2D eigenvalue weighted by molar-refractivity contribution is 7.99. The Labute approximate surface area is 221 Å². The largest absolute Gasteiger partial charge is 0.494 e. The van der Waals surface area contributed by atoms with E-state index in [4.69, 9.17) is 16.3 Å². The molecule has 0 unspecified atom stereocenters. The van der Waals surface area contributed by atoms with E-state index in [2.05, 4.69) is 36.3 Å². The molecule has 0 aliphatic carbocycles. The zero-order chi connectivity index (χ0) is 25.7. The number of nitrogens with zero attached hydrogens (tertiary/aromatic N) is 3. The number of hydrogen-bond donors (Lipinski definition) is 1. The van der Waals surface area contributed by atoms with E-state index in [1.54, 1.807) is 0 Å². The van der Waals surface area contributed by atoms with Gasteiger partial charge in [-0.3, -0.25) is 9.36 Å². The summed E-state index contributed by atoms with van der Waals surface area (Å²) in [6.45, 7) is 8.93. The lowest BCUT2D eigenvalue weighted by molar-refractivity contribution is -0.113. The maximum Gasteiger partial charge on any atom is 0.234 e. The summed E-state index contributed by atoms with van der Waals surface area (Å²) in [6.07, 6.45) is 0. The summed E-state index contributed by atoms with van der Waals surface area (Å²) in [5, 5.41) is 13.1. The highest BCUT2D eigenvalue weighted by Crippen LogP contribution is 2.32. The first kappa shape index (κ1) is 25.8. The van der Waals surface area contributed by atoms with E-state index in [9.17, 15) is 4.79 Å². The summed E-state index contributed by atoms with van der Waals surface area (Å²) < 4.78 is 7.52. The normalized spacial score (nSPS) is 11.4. The topological polar surface area (TPSA) is 69.0 Å². The molecule has 3 aromatic carbocycles. The molecule has 0 aliphatic heterocycles. The Balaban J connectivity index is 1.61. The van der Waals surface area contributed by atoms with Crippen LogP contribution in [0.25, 0.3) is 17.1 Å². The SMILES string of the molecule is CCOc1ccc(-n2c(SCC(=O)Nc3ccccc3C(C)(C)C)nnc2-c2cccc(Cl)c2)cc1. The van der Waals surface area contributed by atoms with Crippen molar-refractivity contribution in [2.45, 2.75) is 38.3 Å². The number of carbonyl (C=O) groups is 1. The van der Waals surface area contributed by atoms with Crippen LogP contribution in [0.15, 0.2) is 78.0 Å². The van der Waals surface area contributed by atoms with Gasteiger partial charge in [-0.15, -0.1) is 10.2 Å². The minimum Gasteiger partial charge on any atom is -0.494 e. The minimum atomic E-state index is -0.109. The molecule has 36 heavy (non-hydrogen) atoms. The molecule has 6 nitrogen and oxygen atoms in total. The zero-order valence-electron chi connectivity index (χ0n) is 20.8. The van der Waals surface area contributed by atoms with Gasteiger partial charge in [0.15, 0.2) is 11.0 Å². The number of ether oxygens (including phenoxy) is 1. The van der Waals surface area contributed by atoms with Gasteiger partial charge >= 0.3 is 0 Å². The number of amides is 1. The number of benzene rings is 3. The molecule has 1 aromatic heterocycles. The second kappa shape index (κ2) is 11.2. The molecule has 0 bridgehead atoms. The van der Waals surface area contributed by atoms with Crippen molar-refractivity contribution in [2.75, 3.05) is 17.7 Å². The maximum absolute atomic E-state index is 12.9. The number of nitrogens with one attached hydrogen (secondary N) is 1. The van der Waals surface area contributed by atoms with Gasteiger partial charge in [0.2, 0.25) is 5.91 Å². The Kier molecular flexibility index (Phi) is 8.01. The fraction of sp³-hybridized carbons (Fsp3) is 0.250. The summed E-state index contributed by atoms with van der Waals surface area (Å²) in [5.74, 6) is 1.50. The molecular weight excluding hydrogens is 492 g/mol. The van der Waals surface area contributed by atoms with Crippen molar-refractivity contribution in [3.8, 4) is 22.8 Å². The van der Waals surface area contributed by atoms with Crippen molar-refractivity contribution in [3.05, 3.63) is 83.4 Å². The van der Waals surface area contributed by atoms with Gasteiger partial charge in [0.1, 0.15) is 5.75 Å². The number of carbonyl (C=O) groups excluding carboxylic acids is 1. The van der Waals surface area contributed by atoms with Crippen LogP contribution in [0.4, 0.5) is 5.69 Å². The third-order valence-electron chi connectivity index (χ3n) is 5.46. The average molecular weight is 521 g/mol. The molecule has 1 amide bonds. The predicted octanol–water partition coefficient (Wildman–Crippen LogP) is 7.01. The van der Waals surface area contributed by atoms with Crippen molar-refractivity contribution in [3.63, 3.8) is 0 Å². The average Bonchev–Trinajstić information content (AvgIpc) is 3.27. The van der Waals surface area contributed by atoms with Crippen LogP contribution in [-0.4, -0.2) is 33.0 Å². The van der Waals surface area contributed by atoms with Crippen LogP contribution >= 0.6 is 23.4 Å². The van der Waals surface area contributed by atoms with Crippen molar-refractivity contribution in [2.24, 2.45) is 0 Å². The number of para-hydroxylation sites is 1. The van der Waals surface area contributed by atoms with E-state index in [0.29, 0.717) is 22.6 Å². The fourth-order valence-electron chi connectivity index (χ4n) is 3.83. The molecule has 0 aliphatic rings. The lowest BCUT2D eigenvalue weighted by atomic mass is 9.86. The van der Waals surface area contributed by atoms with E-state index < -0.39 is 0 Å². The molecule has 4 aromatic rings. The molecule has 1 N–H and O–H groups in total. The Morgan fingerprint density at radius 3 is 2.47 bits per heavy atom. The Morgan fingerprint density at radius 2 is 1.78 bits per heavy atom. The predicted molar refractivity (Wildman–Crippen MR) is 147 cm³/mol. The molecule has 0 spiro atoms. The van der Waals surface area contributed by atoms with Gasteiger partial charge in [-0.05, 0) is 60.4 Å². The highest BCUT2D eigenvalue weighted by Gasteiger charge is 2.20. The quantitative estimate of drug-likeness (QED) is 0.253. The van der Waals surface area contributed by atoms with Crippen LogP contribution in [0.5, 0.6) is 5.75 Å². The first-order valence-corrected chi connectivity index (χ1v) is 13.1. The molecular formula is C28H29ClN4O2S. The first-order valence-electron chi connectivity index (χ1n) is 11.7. The van der Waals surface area contributed by atoms with Crippen molar-refractivity contribution < 1.29 is 9.53 Å². The van der Waals surface area contributed by atoms with Crippen molar-refractivity contribution >= 4 is 35.0 Å². The van der Waals surface area contributed by atoms with Gasteiger partial charge in [0.05, 0.1) is 12.4 Å². The van der Waals surface area contributed by atoms with E-state index in [-0.39, 0.29) is 17.1 Å². The van der Waals surface area contributed by atoms with E-state index in [0.717, 1.165) is 28.3 Å². The Morgan fingerprint density at radius 1 is 1.03 bits per heavy atom. The van der Waals surface area contributed by atoms with E-state index in [1.165, 1.54) is 11.8 Å². The molecule has 186 valence electrons. The van der Waals surface area contributed by atoms with Gasteiger partial charge in [-0.1, -0.05) is 74.5 Å². The fourth-order valence-corrected chi connectivity index (χ4v) is 4.77. The number of rotatable bonds is 8. The van der Waals surface area contributed by atoms with Crippen molar-refractivity contribution in [1.29, 1.82) is 0 Å². The third-order valence-corrected chi connectivity index (χ3v) is 6.63. The third kappa shape index (κ3) is 6.09. The lowest BCUT2D eigenvalue weighted by Gasteiger charge is -2.23. The van der Waals surface area contributed by atoms with Crippen LogP contribution in [0.3, 0.4) is 0 Å². The van der Waals surface area contributed by atoms with Crippen LogP contribution < -0.4 is 10.1 Å². The van der Waals surface area contributed by atoms with Crippen LogP contribution in [0.1, 0.15) is 33.3 Å². The second-order valence-electron chi connectivity index (χ2n) is 9.21. The van der Waals surface area contributed by atoms with Gasteiger partial charge in [-0.25, -0.2) is 0 Å². The number of aromatic nitrogens is 3. The summed E-state index contributed by atoms with van der Waals surface area (Å²) >= 11 is 7.58. The summed E-state index contributed by atoms with van der Waals surface area (Å²) in [6, 6.07) is 23.1. The van der Waals surface area contributed by atoms with Gasteiger partial charge in [0.25, 0.3) is 0 Å².